The lowest BCUT2D eigenvalue weighted by molar-refractivity contribution is -0.138. The molecule has 1 aliphatic carbocycles. The average Bonchev–Trinajstić information content (AvgIpc) is 3.04. The Bertz CT molecular complexity index is 731. The number of hydrogen-bond donors (Lipinski definition) is 2. The van der Waals surface area contributed by atoms with Gasteiger partial charge in [-0.3, -0.25) is 9.59 Å². The molecule has 116 valence electrons. The Kier molecular flexibility index (Phi) is 3.56. The number of fused-ring (bicyclic) bond motifs is 1. The summed E-state index contributed by atoms with van der Waals surface area (Å²) in [4.78, 5) is 28.0. The third-order valence-corrected chi connectivity index (χ3v) is 4.18. The van der Waals surface area contributed by atoms with Gasteiger partial charge in [0.2, 0.25) is 0 Å². The Morgan fingerprint density at radius 2 is 2.14 bits per heavy atom. The summed E-state index contributed by atoms with van der Waals surface area (Å²) in [5.74, 6) is -1.20. The quantitative estimate of drug-likeness (QED) is 0.893. The summed E-state index contributed by atoms with van der Waals surface area (Å²) in [6, 6.07) is 1.81. The van der Waals surface area contributed by atoms with Gasteiger partial charge in [0.15, 0.2) is 5.65 Å². The number of amides is 1. The number of nitrogens with one attached hydrogen (secondary N) is 1. The molecule has 7 nitrogen and oxygen atoms in total. The predicted molar refractivity (Wildman–Crippen MR) is 78.6 cm³/mol. The highest BCUT2D eigenvalue weighted by molar-refractivity contribution is 6.00. The minimum absolute atomic E-state index is 0.0512. The van der Waals surface area contributed by atoms with Crippen molar-refractivity contribution in [2.24, 2.45) is 0 Å². The Hall–Kier alpha value is -2.44. The van der Waals surface area contributed by atoms with Crippen LogP contribution in [-0.4, -0.2) is 37.1 Å². The van der Waals surface area contributed by atoms with Crippen molar-refractivity contribution in [2.45, 2.75) is 44.6 Å². The van der Waals surface area contributed by atoms with E-state index >= 15 is 0 Å². The van der Waals surface area contributed by atoms with Gasteiger partial charge < -0.3 is 10.4 Å². The molecule has 0 atom stereocenters. The highest BCUT2D eigenvalue weighted by Gasteiger charge is 2.38. The van der Waals surface area contributed by atoms with Gasteiger partial charge in [-0.1, -0.05) is 12.8 Å². The maximum absolute atomic E-state index is 12.6. The van der Waals surface area contributed by atoms with Crippen LogP contribution >= 0.6 is 0 Å². The summed E-state index contributed by atoms with van der Waals surface area (Å²) in [5.41, 5.74) is 1.01. The van der Waals surface area contributed by atoms with Crippen LogP contribution in [-0.2, 0) is 4.79 Å². The highest BCUT2D eigenvalue weighted by atomic mass is 16.4. The van der Waals surface area contributed by atoms with Crippen LogP contribution in [0.1, 0.15) is 48.2 Å². The van der Waals surface area contributed by atoms with Crippen LogP contribution in [0.5, 0.6) is 0 Å². The first-order valence-corrected chi connectivity index (χ1v) is 7.34. The Balaban J connectivity index is 1.89. The molecule has 0 aliphatic heterocycles. The fraction of sp³-hybridized carbons (Fsp3) is 0.467. The van der Waals surface area contributed by atoms with E-state index < -0.39 is 11.5 Å². The van der Waals surface area contributed by atoms with E-state index in [4.69, 9.17) is 5.11 Å². The Morgan fingerprint density at radius 3 is 2.82 bits per heavy atom. The van der Waals surface area contributed by atoms with Crippen molar-refractivity contribution in [3.8, 4) is 0 Å². The third kappa shape index (κ3) is 2.66. The maximum Gasteiger partial charge on any atom is 0.305 e. The third-order valence-electron chi connectivity index (χ3n) is 4.18. The van der Waals surface area contributed by atoms with Gasteiger partial charge in [-0.2, -0.15) is 5.10 Å². The molecular weight excluding hydrogens is 284 g/mol. The number of aromatic nitrogens is 3. The summed E-state index contributed by atoms with van der Waals surface area (Å²) in [7, 11) is 0. The van der Waals surface area contributed by atoms with Crippen LogP contribution in [0.3, 0.4) is 0 Å². The minimum atomic E-state index is -0.893. The van der Waals surface area contributed by atoms with E-state index in [1.54, 1.807) is 10.7 Å². The van der Waals surface area contributed by atoms with Gasteiger partial charge in [0, 0.05) is 11.9 Å². The molecule has 0 radical (unpaired) electrons. The standard InChI is InChI=1S/C15H18N4O3/c1-10-4-7-19-13(17-10)11(9-16-19)14(22)18-15(8-12(20)21)5-2-3-6-15/h4,7,9H,2-3,5-6,8H2,1H3,(H,18,22)(H,20,21). The van der Waals surface area contributed by atoms with Gasteiger partial charge in [-0.05, 0) is 25.8 Å². The molecule has 0 unspecified atom stereocenters. The van der Waals surface area contributed by atoms with Crippen molar-refractivity contribution in [3.63, 3.8) is 0 Å². The van der Waals surface area contributed by atoms with E-state index in [0.29, 0.717) is 24.1 Å². The normalized spacial score (nSPS) is 16.8. The molecule has 1 fully saturated rings. The molecule has 2 aromatic heterocycles. The molecule has 1 aliphatic rings. The smallest absolute Gasteiger partial charge is 0.305 e. The van der Waals surface area contributed by atoms with Crippen molar-refractivity contribution in [1.29, 1.82) is 0 Å². The molecule has 2 heterocycles. The monoisotopic (exact) mass is 302 g/mol. The van der Waals surface area contributed by atoms with Crippen molar-refractivity contribution in [2.75, 3.05) is 0 Å². The van der Waals surface area contributed by atoms with Crippen molar-refractivity contribution >= 4 is 17.5 Å². The average molecular weight is 302 g/mol. The first-order chi connectivity index (χ1) is 10.5. The maximum atomic E-state index is 12.6. The number of carboxylic acid groups (broad SMARTS) is 1. The van der Waals surface area contributed by atoms with Gasteiger partial charge in [0.05, 0.1) is 18.2 Å². The molecule has 2 aromatic rings. The fourth-order valence-electron chi connectivity index (χ4n) is 3.11. The van der Waals surface area contributed by atoms with Gasteiger partial charge >= 0.3 is 5.97 Å². The number of aryl methyl sites for hydroxylation is 1. The zero-order valence-corrected chi connectivity index (χ0v) is 12.4. The predicted octanol–water partition coefficient (Wildman–Crippen LogP) is 1.56. The fourth-order valence-corrected chi connectivity index (χ4v) is 3.11. The van der Waals surface area contributed by atoms with Crippen LogP contribution in [0.2, 0.25) is 0 Å². The van der Waals surface area contributed by atoms with Gasteiger partial charge in [0.1, 0.15) is 5.56 Å². The molecule has 3 rings (SSSR count). The van der Waals surface area contributed by atoms with E-state index in [1.165, 1.54) is 6.20 Å². The summed E-state index contributed by atoms with van der Waals surface area (Å²) >= 11 is 0. The van der Waals surface area contributed by atoms with Gasteiger partial charge in [0.25, 0.3) is 5.91 Å². The first kappa shape index (κ1) is 14.5. The lowest BCUT2D eigenvalue weighted by atomic mass is 9.93. The van der Waals surface area contributed by atoms with Crippen molar-refractivity contribution in [3.05, 3.63) is 29.7 Å². The van der Waals surface area contributed by atoms with Crippen LogP contribution in [0.4, 0.5) is 0 Å². The number of aliphatic carboxylic acids is 1. The number of rotatable bonds is 4. The Labute approximate surface area is 127 Å². The van der Waals surface area contributed by atoms with Crippen LogP contribution in [0, 0.1) is 6.92 Å². The van der Waals surface area contributed by atoms with E-state index in [-0.39, 0.29) is 12.3 Å². The van der Waals surface area contributed by atoms with E-state index in [0.717, 1.165) is 18.5 Å². The summed E-state index contributed by atoms with van der Waals surface area (Å²) in [6.07, 6.45) is 6.41. The largest absolute Gasteiger partial charge is 0.481 e. The number of hydrogen-bond acceptors (Lipinski definition) is 4. The van der Waals surface area contributed by atoms with Crippen LogP contribution in [0.25, 0.3) is 5.65 Å². The summed E-state index contributed by atoms with van der Waals surface area (Å²) < 4.78 is 1.54. The summed E-state index contributed by atoms with van der Waals surface area (Å²) in [5, 5.41) is 16.2. The molecule has 1 saturated carbocycles. The molecule has 7 heteroatoms. The van der Waals surface area contributed by atoms with E-state index in [1.807, 2.05) is 13.0 Å². The molecule has 0 bridgehead atoms. The lowest BCUT2D eigenvalue weighted by Gasteiger charge is -2.28. The van der Waals surface area contributed by atoms with E-state index in [2.05, 4.69) is 15.4 Å². The molecule has 0 saturated heterocycles. The van der Waals surface area contributed by atoms with Crippen LogP contribution < -0.4 is 5.32 Å². The number of carbonyl (C=O) groups is 2. The van der Waals surface area contributed by atoms with Crippen LogP contribution in [0.15, 0.2) is 18.5 Å². The van der Waals surface area contributed by atoms with Crippen molar-refractivity contribution < 1.29 is 14.7 Å². The van der Waals surface area contributed by atoms with Gasteiger partial charge in [-0.25, -0.2) is 9.50 Å². The summed E-state index contributed by atoms with van der Waals surface area (Å²) in [6.45, 7) is 1.84. The lowest BCUT2D eigenvalue weighted by Crippen LogP contribution is -2.47. The molecular formula is C15H18N4O3. The van der Waals surface area contributed by atoms with Gasteiger partial charge in [-0.15, -0.1) is 0 Å². The SMILES string of the molecule is Cc1ccn2ncc(C(=O)NC3(CC(=O)O)CCCC3)c2n1. The second-order valence-corrected chi connectivity index (χ2v) is 5.91. The second kappa shape index (κ2) is 5.40. The number of carboxylic acids is 1. The topological polar surface area (TPSA) is 96.6 Å². The molecule has 0 spiro atoms. The highest BCUT2D eigenvalue weighted by Crippen LogP contribution is 2.33. The molecule has 2 N–H and O–H groups in total. The number of nitrogens with zero attached hydrogens (tertiary/aromatic N) is 3. The zero-order valence-electron chi connectivity index (χ0n) is 12.4. The molecule has 1 amide bonds. The second-order valence-electron chi connectivity index (χ2n) is 5.91. The van der Waals surface area contributed by atoms with E-state index in [9.17, 15) is 9.59 Å². The zero-order chi connectivity index (χ0) is 15.7. The minimum Gasteiger partial charge on any atom is -0.481 e. The Morgan fingerprint density at radius 1 is 1.41 bits per heavy atom. The molecule has 0 aromatic carbocycles. The number of carbonyl (C=O) groups excluding carboxylic acids is 1. The van der Waals surface area contributed by atoms with Crippen molar-refractivity contribution in [1.82, 2.24) is 19.9 Å². The first-order valence-electron chi connectivity index (χ1n) is 7.34. The molecule has 22 heavy (non-hydrogen) atoms.